The fourth-order valence-electron chi connectivity index (χ4n) is 5.30. The molecular formula is C30H35F3N4O6. The van der Waals surface area contributed by atoms with E-state index in [1.165, 1.54) is 31.3 Å². The van der Waals surface area contributed by atoms with Gasteiger partial charge in [-0.3, -0.25) is 14.6 Å². The molecule has 13 heteroatoms. The zero-order valence-electron chi connectivity index (χ0n) is 24.7. The molecule has 2 aromatic carbocycles. The number of halogens is 3. The van der Waals surface area contributed by atoms with E-state index in [9.17, 15) is 27.6 Å². The summed E-state index contributed by atoms with van der Waals surface area (Å²) in [4.78, 5) is 44.7. The zero-order chi connectivity index (χ0) is 31.5. The minimum absolute atomic E-state index is 0.128. The van der Waals surface area contributed by atoms with Gasteiger partial charge in [0.2, 0.25) is 0 Å². The predicted octanol–water partition coefficient (Wildman–Crippen LogP) is 4.08. The molecule has 2 atom stereocenters. The fraction of sp³-hybridized carbons (Fsp3) is 0.433. The molecule has 0 aliphatic carbocycles. The van der Waals surface area contributed by atoms with Gasteiger partial charge in [0, 0.05) is 56.6 Å². The molecule has 0 aromatic heterocycles. The van der Waals surface area contributed by atoms with E-state index in [1.807, 2.05) is 11.8 Å². The van der Waals surface area contributed by atoms with Crippen molar-refractivity contribution in [2.24, 2.45) is 0 Å². The largest absolute Gasteiger partial charge is 0.497 e. The molecule has 1 N–H and O–H groups in total. The van der Waals surface area contributed by atoms with Crippen LogP contribution in [0, 0.1) is 0 Å². The molecule has 2 heterocycles. The van der Waals surface area contributed by atoms with Crippen LogP contribution in [0.2, 0.25) is 0 Å². The van der Waals surface area contributed by atoms with Crippen LogP contribution >= 0.6 is 0 Å². The molecule has 4 rings (SSSR count). The van der Waals surface area contributed by atoms with Gasteiger partial charge in [0.1, 0.15) is 11.5 Å². The first-order valence-corrected chi connectivity index (χ1v) is 13.8. The molecule has 3 amide bonds. The Bertz CT molecular complexity index is 1370. The van der Waals surface area contributed by atoms with Crippen LogP contribution in [-0.4, -0.2) is 92.7 Å². The first kappa shape index (κ1) is 31.7. The zero-order valence-corrected chi connectivity index (χ0v) is 24.7. The van der Waals surface area contributed by atoms with E-state index in [-0.39, 0.29) is 36.2 Å². The molecular weight excluding hydrogens is 569 g/mol. The van der Waals surface area contributed by atoms with E-state index in [0.717, 1.165) is 12.1 Å². The van der Waals surface area contributed by atoms with Gasteiger partial charge in [-0.25, -0.2) is 9.59 Å². The third kappa shape index (κ3) is 6.87. The summed E-state index contributed by atoms with van der Waals surface area (Å²) in [6, 6.07) is 7.71. The highest BCUT2D eigenvalue weighted by Gasteiger charge is 2.39. The summed E-state index contributed by atoms with van der Waals surface area (Å²) in [5, 5.41) is 2.88. The Balaban J connectivity index is 1.60. The normalized spacial score (nSPS) is 19.7. The fourth-order valence-corrected chi connectivity index (χ4v) is 5.30. The number of esters is 1. The van der Waals surface area contributed by atoms with Crippen molar-refractivity contribution in [3.8, 4) is 11.5 Å². The topological polar surface area (TPSA) is 101 Å². The van der Waals surface area contributed by atoms with Crippen molar-refractivity contribution in [2.75, 3.05) is 54.1 Å². The van der Waals surface area contributed by atoms with Gasteiger partial charge in [-0.2, -0.15) is 13.2 Å². The summed E-state index contributed by atoms with van der Waals surface area (Å²) in [5.41, 5.74) is 0.622. The number of hydrogen-bond donors (Lipinski definition) is 1. The second kappa shape index (κ2) is 12.9. The average Bonchev–Trinajstić information content (AvgIpc) is 2.98. The van der Waals surface area contributed by atoms with Crippen LogP contribution in [0.3, 0.4) is 0 Å². The van der Waals surface area contributed by atoms with E-state index < -0.39 is 29.8 Å². The van der Waals surface area contributed by atoms with Gasteiger partial charge in [-0.05, 0) is 55.8 Å². The summed E-state index contributed by atoms with van der Waals surface area (Å²) in [6.07, 6.45) is -4.49. The second-order valence-electron chi connectivity index (χ2n) is 10.3. The molecule has 10 nitrogen and oxygen atoms in total. The number of methoxy groups -OCH3 is 2. The Morgan fingerprint density at radius 1 is 1.02 bits per heavy atom. The van der Waals surface area contributed by atoms with Gasteiger partial charge in [0.25, 0.3) is 5.91 Å². The maximum atomic E-state index is 13.4. The highest BCUT2D eigenvalue weighted by molar-refractivity contribution is 5.95. The van der Waals surface area contributed by atoms with Crippen LogP contribution < -0.4 is 14.8 Å². The number of urea groups is 1. The SMILES string of the molecule is CCOC(=O)C1=C(CN2CCN(C(=O)c3ccc(C(F)(F)F)cc3)[C@@H](C)C2)N(C)C(=O)N[C@H]1c1cc(OC)cc(OC)c1. The Hall–Kier alpha value is -4.26. The lowest BCUT2D eigenvalue weighted by atomic mass is 9.93. The minimum Gasteiger partial charge on any atom is -0.497 e. The number of nitrogens with zero attached hydrogens (tertiary/aromatic N) is 3. The van der Waals surface area contributed by atoms with Crippen LogP contribution in [0.1, 0.15) is 41.4 Å². The van der Waals surface area contributed by atoms with Crippen LogP contribution in [0.25, 0.3) is 0 Å². The standard InChI is InChI=1S/C30H35F3N4O6/c1-6-43-28(39)25-24(35(3)29(40)34-26(25)20-13-22(41-4)15-23(14-20)42-5)17-36-11-12-37(18(2)16-36)27(38)19-7-9-21(10-8-19)30(31,32)33/h7-10,13-15,18,26H,6,11-12,16-17H2,1-5H3,(H,34,40)/t18-,26-/m0/s1. The van der Waals surface area contributed by atoms with Gasteiger partial charge >= 0.3 is 18.2 Å². The highest BCUT2D eigenvalue weighted by atomic mass is 19.4. The number of carbonyl (C=O) groups is 3. The van der Waals surface area contributed by atoms with E-state index in [1.54, 1.807) is 37.1 Å². The molecule has 2 aliphatic heterocycles. The molecule has 232 valence electrons. The lowest BCUT2D eigenvalue weighted by Crippen LogP contribution is -2.56. The number of piperazine rings is 1. The van der Waals surface area contributed by atoms with Crippen molar-refractivity contribution in [1.29, 1.82) is 0 Å². The summed E-state index contributed by atoms with van der Waals surface area (Å²) >= 11 is 0. The minimum atomic E-state index is -4.49. The van der Waals surface area contributed by atoms with Crippen LogP contribution in [0.4, 0.5) is 18.0 Å². The molecule has 1 fully saturated rings. The van der Waals surface area contributed by atoms with Gasteiger partial charge < -0.3 is 24.4 Å². The monoisotopic (exact) mass is 604 g/mol. The Morgan fingerprint density at radius 3 is 2.19 bits per heavy atom. The van der Waals surface area contributed by atoms with Gasteiger partial charge in [-0.15, -0.1) is 0 Å². The van der Waals surface area contributed by atoms with Crippen molar-refractivity contribution in [2.45, 2.75) is 32.1 Å². The van der Waals surface area contributed by atoms with Crippen molar-refractivity contribution in [3.63, 3.8) is 0 Å². The predicted molar refractivity (Wildman–Crippen MR) is 151 cm³/mol. The molecule has 0 radical (unpaired) electrons. The molecule has 0 unspecified atom stereocenters. The number of ether oxygens (including phenoxy) is 3. The van der Waals surface area contributed by atoms with E-state index >= 15 is 0 Å². The number of likely N-dealkylation sites (N-methyl/N-ethyl adjacent to an activating group) is 1. The summed E-state index contributed by atoms with van der Waals surface area (Å²) in [6.45, 7) is 4.99. The molecule has 0 saturated carbocycles. The molecule has 0 spiro atoms. The lowest BCUT2D eigenvalue weighted by molar-refractivity contribution is -0.139. The van der Waals surface area contributed by atoms with Gasteiger partial charge in [0.15, 0.2) is 0 Å². The first-order valence-electron chi connectivity index (χ1n) is 13.8. The van der Waals surface area contributed by atoms with Crippen molar-refractivity contribution < 1.29 is 41.8 Å². The van der Waals surface area contributed by atoms with Crippen LogP contribution in [0.5, 0.6) is 11.5 Å². The molecule has 1 saturated heterocycles. The number of carbonyl (C=O) groups excluding carboxylic acids is 3. The summed E-state index contributed by atoms with van der Waals surface area (Å²) < 4.78 is 55.1. The second-order valence-corrected chi connectivity index (χ2v) is 10.3. The molecule has 0 bridgehead atoms. The first-order chi connectivity index (χ1) is 20.4. The van der Waals surface area contributed by atoms with E-state index in [0.29, 0.717) is 42.4 Å². The third-order valence-electron chi connectivity index (χ3n) is 7.58. The van der Waals surface area contributed by atoms with Crippen molar-refractivity contribution in [1.82, 2.24) is 20.0 Å². The Morgan fingerprint density at radius 2 is 1.65 bits per heavy atom. The maximum absolute atomic E-state index is 13.4. The quantitative estimate of drug-likeness (QED) is 0.454. The average molecular weight is 605 g/mol. The number of amides is 3. The van der Waals surface area contributed by atoms with Crippen molar-refractivity contribution >= 4 is 17.9 Å². The smallest absolute Gasteiger partial charge is 0.416 e. The number of benzene rings is 2. The van der Waals surface area contributed by atoms with E-state index in [4.69, 9.17) is 14.2 Å². The molecule has 2 aromatic rings. The number of nitrogens with one attached hydrogen (secondary N) is 1. The maximum Gasteiger partial charge on any atom is 0.416 e. The Labute approximate surface area is 248 Å². The van der Waals surface area contributed by atoms with Gasteiger partial charge in [-0.1, -0.05) is 0 Å². The lowest BCUT2D eigenvalue weighted by Gasteiger charge is -2.42. The van der Waals surface area contributed by atoms with Crippen molar-refractivity contribution in [3.05, 3.63) is 70.4 Å². The number of alkyl halides is 3. The summed E-state index contributed by atoms with van der Waals surface area (Å²) in [5.74, 6) is 0.0127. The molecule has 2 aliphatic rings. The van der Waals surface area contributed by atoms with Crippen LogP contribution in [0.15, 0.2) is 53.7 Å². The third-order valence-corrected chi connectivity index (χ3v) is 7.58. The highest BCUT2D eigenvalue weighted by Crippen LogP contribution is 2.35. The summed E-state index contributed by atoms with van der Waals surface area (Å²) in [7, 11) is 4.57. The van der Waals surface area contributed by atoms with Gasteiger partial charge in [0.05, 0.1) is 38.0 Å². The van der Waals surface area contributed by atoms with Crippen LogP contribution in [-0.2, 0) is 15.7 Å². The Kier molecular flexibility index (Phi) is 9.53. The number of rotatable bonds is 8. The number of hydrogen-bond acceptors (Lipinski definition) is 7. The molecule has 43 heavy (non-hydrogen) atoms. The van der Waals surface area contributed by atoms with E-state index in [2.05, 4.69) is 5.32 Å².